The normalized spacial score (nSPS) is 19.7. The molecule has 1 saturated heterocycles. The van der Waals surface area contributed by atoms with E-state index in [1.165, 1.54) is 5.56 Å². The van der Waals surface area contributed by atoms with Crippen molar-refractivity contribution in [3.8, 4) is 5.75 Å². The lowest BCUT2D eigenvalue weighted by Gasteiger charge is -2.17. The van der Waals surface area contributed by atoms with Gasteiger partial charge < -0.3 is 19.5 Å². The van der Waals surface area contributed by atoms with Gasteiger partial charge in [-0.3, -0.25) is 0 Å². The van der Waals surface area contributed by atoms with Crippen LogP contribution in [0.5, 0.6) is 5.75 Å². The molecule has 0 spiro atoms. The predicted octanol–water partition coefficient (Wildman–Crippen LogP) is 3.06. The van der Waals surface area contributed by atoms with E-state index in [1.807, 2.05) is 20.0 Å². The summed E-state index contributed by atoms with van der Waals surface area (Å²) in [6, 6.07) is 6.63. The van der Waals surface area contributed by atoms with Gasteiger partial charge in [0, 0.05) is 18.2 Å². The summed E-state index contributed by atoms with van der Waals surface area (Å²) >= 11 is 0. The van der Waals surface area contributed by atoms with Crippen LogP contribution in [0.4, 0.5) is 0 Å². The molecule has 4 nitrogen and oxygen atoms in total. The van der Waals surface area contributed by atoms with Gasteiger partial charge >= 0.3 is 0 Å². The van der Waals surface area contributed by atoms with E-state index in [2.05, 4.69) is 24.4 Å². The van der Waals surface area contributed by atoms with Gasteiger partial charge in [-0.1, -0.05) is 6.07 Å². The fraction of sp³-hybridized carbons (Fsp3) is 0.647. The van der Waals surface area contributed by atoms with Crippen LogP contribution < -0.4 is 10.1 Å². The van der Waals surface area contributed by atoms with Gasteiger partial charge in [0.25, 0.3) is 0 Å². The first-order valence-corrected chi connectivity index (χ1v) is 7.86. The molecule has 118 valence electrons. The lowest BCUT2D eigenvalue weighted by molar-refractivity contribution is 0.00998. The van der Waals surface area contributed by atoms with Crippen LogP contribution in [0, 0.1) is 0 Å². The molecule has 1 aliphatic heterocycles. The molecule has 1 aliphatic rings. The molecule has 2 atom stereocenters. The van der Waals surface area contributed by atoms with E-state index in [0.717, 1.165) is 30.8 Å². The molecule has 1 heterocycles. The molecule has 0 radical (unpaired) electrons. The Kier molecular flexibility index (Phi) is 6.49. The van der Waals surface area contributed by atoms with Crippen molar-refractivity contribution in [3.63, 3.8) is 0 Å². The molecule has 0 aliphatic carbocycles. The second kappa shape index (κ2) is 8.37. The molecular weight excluding hydrogens is 266 g/mol. The van der Waals surface area contributed by atoms with E-state index >= 15 is 0 Å². The Morgan fingerprint density at radius 3 is 2.95 bits per heavy atom. The van der Waals surface area contributed by atoms with Gasteiger partial charge in [0.1, 0.15) is 5.75 Å². The Labute approximate surface area is 127 Å². The highest BCUT2D eigenvalue weighted by atomic mass is 16.5. The van der Waals surface area contributed by atoms with Crippen molar-refractivity contribution in [2.45, 2.75) is 45.4 Å². The smallest absolute Gasteiger partial charge is 0.124 e. The number of benzene rings is 1. The number of hydrogen-bond acceptors (Lipinski definition) is 4. The summed E-state index contributed by atoms with van der Waals surface area (Å²) in [4.78, 5) is 0. The molecule has 1 aromatic carbocycles. The minimum Gasteiger partial charge on any atom is -0.494 e. The molecular formula is C17H27NO3. The summed E-state index contributed by atoms with van der Waals surface area (Å²) in [6.07, 6.45) is 2.52. The van der Waals surface area contributed by atoms with Crippen LogP contribution in [-0.4, -0.2) is 33.0 Å². The standard InChI is InChI=1S/C17H27NO3/c1-4-20-17-8-7-14(13(2)18-3)10-15(17)11-19-12-16-6-5-9-21-16/h7-8,10,13,16,18H,4-6,9,11-12H2,1-3H3. The van der Waals surface area contributed by atoms with Gasteiger partial charge in [-0.2, -0.15) is 0 Å². The average molecular weight is 293 g/mol. The van der Waals surface area contributed by atoms with E-state index in [9.17, 15) is 0 Å². The highest BCUT2D eigenvalue weighted by molar-refractivity contribution is 5.38. The summed E-state index contributed by atoms with van der Waals surface area (Å²) in [5, 5.41) is 3.26. The first-order chi connectivity index (χ1) is 10.2. The summed E-state index contributed by atoms with van der Waals surface area (Å²) in [5.41, 5.74) is 2.35. The Bertz CT molecular complexity index is 430. The maximum atomic E-state index is 5.83. The maximum Gasteiger partial charge on any atom is 0.124 e. The molecule has 2 unspecified atom stereocenters. The van der Waals surface area contributed by atoms with Crippen LogP contribution in [0.15, 0.2) is 18.2 Å². The van der Waals surface area contributed by atoms with Crippen molar-refractivity contribution < 1.29 is 14.2 Å². The van der Waals surface area contributed by atoms with Gasteiger partial charge in [-0.15, -0.1) is 0 Å². The van der Waals surface area contributed by atoms with Crippen molar-refractivity contribution >= 4 is 0 Å². The fourth-order valence-electron chi connectivity index (χ4n) is 2.52. The molecule has 0 aromatic heterocycles. The second-order valence-corrected chi connectivity index (χ2v) is 5.46. The van der Waals surface area contributed by atoms with Gasteiger partial charge in [-0.25, -0.2) is 0 Å². The third kappa shape index (κ3) is 4.70. The maximum absolute atomic E-state index is 5.83. The molecule has 0 amide bonds. The summed E-state index contributed by atoms with van der Waals surface area (Å²) in [5.74, 6) is 0.914. The van der Waals surface area contributed by atoms with Crippen LogP contribution in [0.25, 0.3) is 0 Å². The SMILES string of the molecule is CCOc1ccc(C(C)NC)cc1COCC1CCCO1. The minimum atomic E-state index is 0.264. The predicted molar refractivity (Wildman–Crippen MR) is 83.7 cm³/mol. The summed E-state index contributed by atoms with van der Waals surface area (Å²) in [7, 11) is 1.97. The molecule has 4 heteroatoms. The van der Waals surface area contributed by atoms with Crippen molar-refractivity contribution in [1.82, 2.24) is 5.32 Å². The lowest BCUT2D eigenvalue weighted by Crippen LogP contribution is -2.15. The number of nitrogens with one attached hydrogen (secondary N) is 1. The van der Waals surface area contributed by atoms with Gasteiger partial charge in [0.05, 0.1) is 25.9 Å². The van der Waals surface area contributed by atoms with Crippen LogP contribution in [0.3, 0.4) is 0 Å². The molecule has 0 saturated carbocycles. The fourth-order valence-corrected chi connectivity index (χ4v) is 2.52. The topological polar surface area (TPSA) is 39.7 Å². The Hall–Kier alpha value is -1.10. The van der Waals surface area contributed by atoms with E-state index in [0.29, 0.717) is 25.9 Å². The van der Waals surface area contributed by atoms with Gasteiger partial charge in [0.2, 0.25) is 0 Å². The average Bonchev–Trinajstić information content (AvgIpc) is 3.01. The van der Waals surface area contributed by atoms with E-state index < -0.39 is 0 Å². The zero-order chi connectivity index (χ0) is 15.1. The quantitative estimate of drug-likeness (QED) is 0.799. The Balaban J connectivity index is 1.99. The second-order valence-electron chi connectivity index (χ2n) is 5.46. The Morgan fingerprint density at radius 1 is 1.43 bits per heavy atom. The summed E-state index contributed by atoms with van der Waals surface area (Å²) < 4.78 is 17.1. The monoisotopic (exact) mass is 293 g/mol. The largest absolute Gasteiger partial charge is 0.494 e. The Morgan fingerprint density at radius 2 is 2.29 bits per heavy atom. The van der Waals surface area contributed by atoms with Crippen LogP contribution in [0.2, 0.25) is 0 Å². The molecule has 1 N–H and O–H groups in total. The first-order valence-electron chi connectivity index (χ1n) is 7.86. The lowest BCUT2D eigenvalue weighted by atomic mass is 10.0. The highest BCUT2D eigenvalue weighted by Gasteiger charge is 2.16. The van der Waals surface area contributed by atoms with Crippen molar-refractivity contribution in [2.24, 2.45) is 0 Å². The van der Waals surface area contributed by atoms with E-state index in [1.54, 1.807) is 0 Å². The molecule has 1 aromatic rings. The third-order valence-electron chi connectivity index (χ3n) is 3.90. The number of ether oxygens (including phenoxy) is 3. The van der Waals surface area contributed by atoms with Crippen molar-refractivity contribution in [3.05, 3.63) is 29.3 Å². The summed E-state index contributed by atoms with van der Waals surface area (Å²) in [6.45, 7) is 6.91. The highest BCUT2D eigenvalue weighted by Crippen LogP contribution is 2.25. The first kappa shape index (κ1) is 16.3. The minimum absolute atomic E-state index is 0.264. The van der Waals surface area contributed by atoms with Crippen LogP contribution in [0.1, 0.15) is 43.9 Å². The molecule has 1 fully saturated rings. The van der Waals surface area contributed by atoms with Crippen LogP contribution in [-0.2, 0) is 16.1 Å². The van der Waals surface area contributed by atoms with Gasteiger partial charge in [-0.05, 0) is 51.4 Å². The zero-order valence-electron chi connectivity index (χ0n) is 13.4. The van der Waals surface area contributed by atoms with Gasteiger partial charge in [0.15, 0.2) is 0 Å². The van der Waals surface area contributed by atoms with E-state index in [-0.39, 0.29) is 6.10 Å². The number of hydrogen-bond donors (Lipinski definition) is 1. The molecule has 0 bridgehead atoms. The number of rotatable bonds is 8. The van der Waals surface area contributed by atoms with E-state index in [4.69, 9.17) is 14.2 Å². The molecule has 21 heavy (non-hydrogen) atoms. The zero-order valence-corrected chi connectivity index (χ0v) is 13.4. The van der Waals surface area contributed by atoms with Crippen molar-refractivity contribution in [2.75, 3.05) is 26.9 Å². The molecule has 2 rings (SSSR count). The van der Waals surface area contributed by atoms with Crippen molar-refractivity contribution in [1.29, 1.82) is 0 Å². The van der Waals surface area contributed by atoms with Crippen LogP contribution >= 0.6 is 0 Å². The third-order valence-corrected chi connectivity index (χ3v) is 3.90.